The molecule has 1 aromatic rings. The quantitative estimate of drug-likeness (QED) is 0.615. The molecule has 6 nitrogen and oxygen atoms in total. The first-order valence-electron chi connectivity index (χ1n) is 8.36. The molecule has 1 fully saturated rings. The predicted molar refractivity (Wildman–Crippen MR) is 101 cm³/mol. The number of benzene rings is 1. The van der Waals surface area contributed by atoms with E-state index < -0.39 is 0 Å². The van der Waals surface area contributed by atoms with E-state index in [4.69, 9.17) is 27.9 Å². The van der Waals surface area contributed by atoms with Crippen molar-refractivity contribution in [1.82, 2.24) is 15.5 Å². The first kappa shape index (κ1) is 19.7. The number of likely N-dealkylation sites (tertiary alicyclic amines) is 1. The number of hydrogen-bond donors (Lipinski definition) is 2. The summed E-state index contributed by atoms with van der Waals surface area (Å²) in [5, 5.41) is 7.88. The number of amides is 1. The summed E-state index contributed by atoms with van der Waals surface area (Å²) >= 11 is 12.1. The minimum atomic E-state index is -0.235. The molecule has 1 saturated heterocycles. The predicted octanol–water partition coefficient (Wildman–Crippen LogP) is 3.28. The van der Waals surface area contributed by atoms with E-state index in [1.807, 2.05) is 19.1 Å². The van der Waals surface area contributed by atoms with Crippen LogP contribution in [0.1, 0.15) is 25.3 Å². The van der Waals surface area contributed by atoms with Gasteiger partial charge >= 0.3 is 6.09 Å². The van der Waals surface area contributed by atoms with E-state index in [2.05, 4.69) is 15.6 Å². The molecule has 0 unspecified atom stereocenters. The number of hydrogen-bond acceptors (Lipinski definition) is 3. The molecular weight excluding hydrogens is 363 g/mol. The number of nitrogens with one attached hydrogen (secondary N) is 2. The number of halogens is 2. The Bertz CT molecular complexity index is 617. The monoisotopic (exact) mass is 386 g/mol. The maximum Gasteiger partial charge on any atom is 0.409 e. The zero-order chi connectivity index (χ0) is 18.2. The van der Waals surface area contributed by atoms with E-state index >= 15 is 0 Å². The van der Waals surface area contributed by atoms with Crippen molar-refractivity contribution in [3.8, 4) is 0 Å². The van der Waals surface area contributed by atoms with Crippen molar-refractivity contribution in [2.24, 2.45) is 4.99 Å². The van der Waals surface area contributed by atoms with E-state index in [1.54, 1.807) is 18.0 Å². The number of nitrogens with zero attached hydrogens (tertiary/aromatic N) is 2. The van der Waals surface area contributed by atoms with Crippen LogP contribution in [0.3, 0.4) is 0 Å². The number of piperidine rings is 1. The maximum atomic E-state index is 11.7. The molecule has 25 heavy (non-hydrogen) atoms. The Morgan fingerprint density at radius 2 is 2.08 bits per heavy atom. The second-order valence-corrected chi connectivity index (χ2v) is 6.61. The van der Waals surface area contributed by atoms with Crippen molar-refractivity contribution in [2.75, 3.05) is 26.7 Å². The minimum Gasteiger partial charge on any atom is -0.450 e. The molecule has 0 aliphatic carbocycles. The van der Waals surface area contributed by atoms with E-state index in [-0.39, 0.29) is 12.1 Å². The average Bonchev–Trinajstić information content (AvgIpc) is 2.60. The molecule has 0 saturated carbocycles. The third-order valence-electron chi connectivity index (χ3n) is 4.05. The summed E-state index contributed by atoms with van der Waals surface area (Å²) in [5.41, 5.74) is 0.950. The van der Waals surface area contributed by atoms with E-state index in [0.717, 1.165) is 18.4 Å². The molecule has 138 valence electrons. The number of aliphatic imine (C=N–C) groups is 1. The number of carbonyl (C=O) groups excluding carboxylic acids is 1. The molecular formula is C17H24Cl2N4O2. The van der Waals surface area contributed by atoms with Gasteiger partial charge in [0.1, 0.15) is 0 Å². The Kier molecular flexibility index (Phi) is 7.65. The highest BCUT2D eigenvalue weighted by atomic mass is 35.5. The van der Waals surface area contributed by atoms with Crippen LogP contribution in [0.5, 0.6) is 0 Å². The van der Waals surface area contributed by atoms with Crippen LogP contribution in [0.15, 0.2) is 23.2 Å². The van der Waals surface area contributed by atoms with Gasteiger partial charge in [0.15, 0.2) is 5.96 Å². The maximum absolute atomic E-state index is 11.7. The molecule has 0 bridgehead atoms. The minimum absolute atomic E-state index is 0.235. The fourth-order valence-corrected chi connectivity index (χ4v) is 3.13. The van der Waals surface area contributed by atoms with E-state index in [0.29, 0.717) is 42.2 Å². The van der Waals surface area contributed by atoms with Crippen molar-refractivity contribution < 1.29 is 9.53 Å². The second-order valence-electron chi connectivity index (χ2n) is 5.77. The third-order valence-corrected chi connectivity index (χ3v) is 4.63. The summed E-state index contributed by atoms with van der Waals surface area (Å²) in [5.74, 6) is 0.709. The molecule has 0 spiro atoms. The van der Waals surface area contributed by atoms with Gasteiger partial charge in [-0.25, -0.2) is 4.79 Å². The summed E-state index contributed by atoms with van der Waals surface area (Å²) < 4.78 is 5.03. The van der Waals surface area contributed by atoms with Gasteiger partial charge in [-0.3, -0.25) is 4.99 Å². The average molecular weight is 387 g/mol. The van der Waals surface area contributed by atoms with Crippen molar-refractivity contribution in [1.29, 1.82) is 0 Å². The van der Waals surface area contributed by atoms with Crippen molar-refractivity contribution in [3.05, 3.63) is 33.8 Å². The van der Waals surface area contributed by atoms with Crippen molar-refractivity contribution >= 4 is 35.3 Å². The van der Waals surface area contributed by atoms with Crippen LogP contribution in [0, 0.1) is 0 Å². The molecule has 0 aromatic heterocycles. The molecule has 0 radical (unpaired) electrons. The largest absolute Gasteiger partial charge is 0.450 e. The Labute approximate surface area is 158 Å². The number of carbonyl (C=O) groups is 1. The molecule has 1 heterocycles. The summed E-state index contributed by atoms with van der Waals surface area (Å²) in [6, 6.07) is 5.69. The first-order chi connectivity index (χ1) is 12.0. The molecule has 8 heteroatoms. The summed E-state index contributed by atoms with van der Waals surface area (Å²) in [4.78, 5) is 17.7. The first-order valence-corrected chi connectivity index (χ1v) is 9.12. The molecule has 1 aliphatic rings. The van der Waals surface area contributed by atoms with Crippen LogP contribution in [-0.2, 0) is 11.3 Å². The highest BCUT2D eigenvalue weighted by molar-refractivity contribution is 6.35. The van der Waals surface area contributed by atoms with Crippen LogP contribution in [-0.4, -0.2) is 49.7 Å². The van der Waals surface area contributed by atoms with E-state index in [9.17, 15) is 4.79 Å². The van der Waals surface area contributed by atoms with Gasteiger partial charge in [0.05, 0.1) is 6.61 Å². The molecule has 1 aliphatic heterocycles. The van der Waals surface area contributed by atoms with Gasteiger partial charge in [0.25, 0.3) is 0 Å². The van der Waals surface area contributed by atoms with E-state index in [1.165, 1.54) is 0 Å². The SMILES string of the molecule is CCOC(=O)N1CCC(NC(=NC)NCc2ccc(Cl)cc2Cl)CC1. The van der Waals surface area contributed by atoms with Gasteiger partial charge in [-0.05, 0) is 37.5 Å². The zero-order valence-corrected chi connectivity index (χ0v) is 16.0. The lowest BCUT2D eigenvalue weighted by Gasteiger charge is -2.32. The Balaban J connectivity index is 1.80. The fraction of sp³-hybridized carbons (Fsp3) is 0.529. The van der Waals surface area contributed by atoms with Gasteiger partial charge in [0, 0.05) is 42.8 Å². The number of rotatable bonds is 4. The smallest absolute Gasteiger partial charge is 0.409 e. The molecule has 2 rings (SSSR count). The lowest BCUT2D eigenvalue weighted by Crippen LogP contribution is -2.49. The Hall–Kier alpha value is -1.66. The lowest BCUT2D eigenvalue weighted by molar-refractivity contribution is 0.0963. The molecule has 1 amide bonds. The topological polar surface area (TPSA) is 66.0 Å². The summed E-state index contributed by atoms with van der Waals surface area (Å²) in [7, 11) is 1.73. The molecule has 0 atom stereocenters. The van der Waals surface area contributed by atoms with Crippen LogP contribution < -0.4 is 10.6 Å². The van der Waals surface area contributed by atoms with Crippen LogP contribution >= 0.6 is 23.2 Å². The molecule has 1 aromatic carbocycles. The number of guanidine groups is 1. The van der Waals surface area contributed by atoms with Gasteiger partial charge in [-0.15, -0.1) is 0 Å². The van der Waals surface area contributed by atoms with Gasteiger partial charge < -0.3 is 20.3 Å². The van der Waals surface area contributed by atoms with Gasteiger partial charge in [0.2, 0.25) is 0 Å². The fourth-order valence-electron chi connectivity index (χ4n) is 2.65. The zero-order valence-electron chi connectivity index (χ0n) is 14.5. The summed E-state index contributed by atoms with van der Waals surface area (Å²) in [6.45, 7) is 4.12. The second kappa shape index (κ2) is 9.73. The van der Waals surface area contributed by atoms with Gasteiger partial charge in [-0.2, -0.15) is 0 Å². The van der Waals surface area contributed by atoms with Crippen LogP contribution in [0.4, 0.5) is 4.79 Å². The summed E-state index contributed by atoms with van der Waals surface area (Å²) in [6.07, 6.45) is 1.46. The standard InChI is InChI=1S/C17H24Cl2N4O2/c1-3-25-17(24)23-8-6-14(7-9-23)22-16(20-2)21-11-12-4-5-13(18)10-15(12)19/h4-5,10,14H,3,6-9,11H2,1-2H3,(H2,20,21,22). The van der Waals surface area contributed by atoms with Gasteiger partial charge in [-0.1, -0.05) is 29.3 Å². The highest BCUT2D eigenvalue weighted by Gasteiger charge is 2.24. The highest BCUT2D eigenvalue weighted by Crippen LogP contribution is 2.20. The van der Waals surface area contributed by atoms with Crippen molar-refractivity contribution in [3.63, 3.8) is 0 Å². The van der Waals surface area contributed by atoms with Crippen molar-refractivity contribution in [2.45, 2.75) is 32.4 Å². The van der Waals surface area contributed by atoms with Crippen LogP contribution in [0.25, 0.3) is 0 Å². The van der Waals surface area contributed by atoms with Crippen LogP contribution in [0.2, 0.25) is 10.0 Å². The number of ether oxygens (including phenoxy) is 1. The Morgan fingerprint density at radius 3 is 2.68 bits per heavy atom. The normalized spacial score (nSPS) is 15.8. The Morgan fingerprint density at radius 1 is 1.36 bits per heavy atom. The lowest BCUT2D eigenvalue weighted by atomic mass is 10.1. The third kappa shape index (κ3) is 5.97. The molecule has 2 N–H and O–H groups in total.